The van der Waals surface area contributed by atoms with Gasteiger partial charge in [0, 0.05) is 9.89 Å². The van der Waals surface area contributed by atoms with Crippen molar-refractivity contribution < 1.29 is 4.39 Å². The van der Waals surface area contributed by atoms with E-state index >= 15 is 0 Å². The highest BCUT2D eigenvalue weighted by Gasteiger charge is 2.71. The first kappa shape index (κ1) is 7.07. The van der Waals surface area contributed by atoms with Crippen molar-refractivity contribution in [3.05, 3.63) is 34.1 Å². The first-order chi connectivity index (χ1) is 5.72. The van der Waals surface area contributed by atoms with Gasteiger partial charge in [0.05, 0.1) is 0 Å². The second-order valence-corrected chi connectivity index (χ2v) is 4.80. The Bertz CT molecular complexity index is 353. The number of halogens is 2. The molecule has 0 unspecified atom stereocenters. The smallest absolute Gasteiger partial charge is 0.128 e. The number of fused-ring (bicyclic) bond motifs is 1. The van der Waals surface area contributed by atoms with Gasteiger partial charge < -0.3 is 0 Å². The first-order valence-electron chi connectivity index (χ1n) is 4.18. The van der Waals surface area contributed by atoms with Gasteiger partial charge in [0.2, 0.25) is 0 Å². The summed E-state index contributed by atoms with van der Waals surface area (Å²) in [7, 11) is 0. The zero-order valence-corrected chi connectivity index (χ0v) is 8.07. The minimum Gasteiger partial charge on any atom is -0.207 e. The maximum Gasteiger partial charge on any atom is 0.128 e. The average molecular weight is 227 g/mol. The number of hydrogen-bond acceptors (Lipinski definition) is 0. The van der Waals surface area contributed by atoms with Crippen molar-refractivity contribution >= 4 is 15.9 Å². The molecule has 0 nitrogen and oxygen atoms in total. The minimum absolute atomic E-state index is 0.0376. The van der Waals surface area contributed by atoms with Gasteiger partial charge in [-0.05, 0) is 36.5 Å². The van der Waals surface area contributed by atoms with Crippen LogP contribution in [0, 0.1) is 11.7 Å². The van der Waals surface area contributed by atoms with Gasteiger partial charge in [-0.3, -0.25) is 0 Å². The second-order valence-electron chi connectivity index (χ2n) is 3.89. The molecular weight excluding hydrogens is 219 g/mol. The van der Waals surface area contributed by atoms with Crippen LogP contribution in [0.25, 0.3) is 0 Å². The summed E-state index contributed by atoms with van der Waals surface area (Å²) in [5.74, 6) is 0.776. The van der Waals surface area contributed by atoms with Crippen molar-refractivity contribution in [2.45, 2.75) is 18.3 Å². The molecule has 1 aromatic rings. The van der Waals surface area contributed by atoms with Crippen LogP contribution >= 0.6 is 15.9 Å². The third-order valence-corrected chi connectivity index (χ3v) is 3.64. The molecule has 0 aliphatic heterocycles. The van der Waals surface area contributed by atoms with E-state index in [0.29, 0.717) is 5.41 Å². The van der Waals surface area contributed by atoms with E-state index in [-0.39, 0.29) is 5.82 Å². The summed E-state index contributed by atoms with van der Waals surface area (Å²) in [6, 6.07) is 5.42. The Kier molecular flexibility index (Phi) is 1.13. The number of benzene rings is 1. The quantitative estimate of drug-likeness (QED) is 0.690. The predicted octanol–water partition coefficient (Wildman–Crippen LogP) is 3.25. The SMILES string of the molecule is Fc1cc(Br)ccc1C12CC1C2. The van der Waals surface area contributed by atoms with E-state index < -0.39 is 0 Å². The van der Waals surface area contributed by atoms with Crippen molar-refractivity contribution in [1.29, 1.82) is 0 Å². The van der Waals surface area contributed by atoms with Gasteiger partial charge in [-0.25, -0.2) is 4.39 Å². The van der Waals surface area contributed by atoms with Gasteiger partial charge in [0.25, 0.3) is 0 Å². The highest BCUT2D eigenvalue weighted by Crippen LogP contribution is 2.75. The molecule has 2 heteroatoms. The molecule has 62 valence electrons. The van der Waals surface area contributed by atoms with Crippen LogP contribution in [0.5, 0.6) is 0 Å². The summed E-state index contributed by atoms with van der Waals surface area (Å²) in [5, 5.41) is 0. The predicted molar refractivity (Wildman–Crippen MR) is 48.5 cm³/mol. The number of rotatable bonds is 1. The molecule has 2 aliphatic rings. The lowest BCUT2D eigenvalue weighted by Gasteiger charge is -2.05. The molecule has 0 N–H and O–H groups in total. The molecule has 2 fully saturated rings. The van der Waals surface area contributed by atoms with Crippen LogP contribution in [0.3, 0.4) is 0 Å². The monoisotopic (exact) mass is 226 g/mol. The normalized spacial score (nSPS) is 36.0. The summed E-state index contributed by atoms with van der Waals surface area (Å²) >= 11 is 3.26. The molecule has 1 aromatic carbocycles. The summed E-state index contributed by atoms with van der Waals surface area (Å²) in [6.45, 7) is 0. The Morgan fingerprint density at radius 2 is 2.08 bits per heavy atom. The summed E-state index contributed by atoms with van der Waals surface area (Å²) in [4.78, 5) is 0. The summed E-state index contributed by atoms with van der Waals surface area (Å²) < 4.78 is 14.2. The molecule has 0 heterocycles. The lowest BCUT2D eigenvalue weighted by Crippen LogP contribution is -1.97. The Labute approximate surface area is 78.9 Å². The molecule has 0 saturated heterocycles. The molecule has 0 spiro atoms. The van der Waals surface area contributed by atoms with Crippen molar-refractivity contribution in [2.24, 2.45) is 5.92 Å². The van der Waals surface area contributed by atoms with Gasteiger partial charge in [-0.1, -0.05) is 22.0 Å². The first-order valence-corrected chi connectivity index (χ1v) is 4.97. The van der Waals surface area contributed by atoms with Crippen LogP contribution in [0.2, 0.25) is 0 Å². The maximum atomic E-state index is 13.4. The van der Waals surface area contributed by atoms with E-state index in [0.717, 1.165) is 16.0 Å². The van der Waals surface area contributed by atoms with E-state index in [2.05, 4.69) is 15.9 Å². The zero-order valence-electron chi connectivity index (χ0n) is 6.48. The molecule has 0 radical (unpaired) electrons. The summed E-state index contributed by atoms with van der Waals surface area (Å²) in [5.41, 5.74) is 1.24. The molecule has 0 amide bonds. The van der Waals surface area contributed by atoms with Crippen molar-refractivity contribution in [3.8, 4) is 0 Å². The molecule has 0 bridgehead atoms. The highest BCUT2D eigenvalue weighted by atomic mass is 79.9. The van der Waals surface area contributed by atoms with Crippen LogP contribution in [-0.2, 0) is 5.41 Å². The standard InChI is InChI=1S/C10H8BrF/c11-7-1-2-8(9(12)3-7)10-4-6(10)5-10/h1-3,6H,4-5H2. The van der Waals surface area contributed by atoms with Crippen LogP contribution in [-0.4, -0.2) is 0 Å². The van der Waals surface area contributed by atoms with E-state index in [9.17, 15) is 4.39 Å². The van der Waals surface area contributed by atoms with Crippen LogP contribution in [0.15, 0.2) is 22.7 Å². The average Bonchev–Trinajstić information content (AvgIpc) is 2.73. The van der Waals surface area contributed by atoms with E-state index in [1.165, 1.54) is 12.8 Å². The van der Waals surface area contributed by atoms with E-state index in [1.807, 2.05) is 12.1 Å². The van der Waals surface area contributed by atoms with Crippen LogP contribution in [0.4, 0.5) is 4.39 Å². The van der Waals surface area contributed by atoms with Gasteiger partial charge >= 0.3 is 0 Å². The van der Waals surface area contributed by atoms with Crippen molar-refractivity contribution in [1.82, 2.24) is 0 Å². The van der Waals surface area contributed by atoms with Crippen LogP contribution in [0.1, 0.15) is 18.4 Å². The molecule has 3 rings (SSSR count). The molecular formula is C10H8BrF. The lowest BCUT2D eigenvalue weighted by atomic mass is 10.0. The third kappa shape index (κ3) is 0.764. The van der Waals surface area contributed by atoms with Gasteiger partial charge in [-0.15, -0.1) is 0 Å². The van der Waals surface area contributed by atoms with Crippen LogP contribution < -0.4 is 0 Å². The fourth-order valence-corrected chi connectivity index (χ4v) is 2.37. The van der Waals surface area contributed by atoms with Gasteiger partial charge in [-0.2, -0.15) is 0 Å². The highest BCUT2D eigenvalue weighted by molar-refractivity contribution is 9.10. The second kappa shape index (κ2) is 1.92. The lowest BCUT2D eigenvalue weighted by molar-refractivity contribution is 0.597. The Balaban J connectivity index is 2.10. The molecule has 2 aliphatic carbocycles. The third-order valence-electron chi connectivity index (χ3n) is 3.15. The minimum atomic E-state index is -0.0376. The summed E-state index contributed by atoms with van der Waals surface area (Å²) in [6.07, 6.45) is 2.43. The number of hydrogen-bond donors (Lipinski definition) is 0. The maximum absolute atomic E-state index is 13.4. The molecule has 0 atom stereocenters. The van der Waals surface area contributed by atoms with E-state index in [4.69, 9.17) is 0 Å². The van der Waals surface area contributed by atoms with Crippen molar-refractivity contribution in [3.63, 3.8) is 0 Å². The fraction of sp³-hybridized carbons (Fsp3) is 0.400. The Morgan fingerprint density at radius 3 is 2.58 bits per heavy atom. The molecule has 2 saturated carbocycles. The Hall–Kier alpha value is -0.370. The molecule has 12 heavy (non-hydrogen) atoms. The van der Waals surface area contributed by atoms with Gasteiger partial charge in [0.1, 0.15) is 5.82 Å². The van der Waals surface area contributed by atoms with E-state index in [1.54, 1.807) is 6.07 Å². The topological polar surface area (TPSA) is 0 Å². The van der Waals surface area contributed by atoms with Gasteiger partial charge in [0.15, 0.2) is 0 Å². The van der Waals surface area contributed by atoms with Crippen molar-refractivity contribution in [2.75, 3.05) is 0 Å². The zero-order chi connectivity index (χ0) is 8.34. The molecule has 0 aromatic heterocycles. The Morgan fingerprint density at radius 1 is 1.42 bits per heavy atom. The fourth-order valence-electron chi connectivity index (χ4n) is 2.03. The largest absolute Gasteiger partial charge is 0.207 e.